The molecule has 1 aromatic heterocycles. The fourth-order valence-corrected chi connectivity index (χ4v) is 2.62. The topological polar surface area (TPSA) is 33.0 Å². The number of rotatable bonds is 1. The molecule has 0 unspecified atom stereocenters. The van der Waals surface area contributed by atoms with Gasteiger partial charge in [0.1, 0.15) is 16.7 Å². The summed E-state index contributed by atoms with van der Waals surface area (Å²) in [5.41, 5.74) is 0. The first-order valence-electron chi connectivity index (χ1n) is 3.96. The smallest absolute Gasteiger partial charge is 0.133 e. The molecule has 1 heterocycles. The largest absolute Gasteiger partial charge is 0.496 e. The molecule has 0 aliphatic rings. The van der Waals surface area contributed by atoms with Crippen LogP contribution in [0, 0.1) is 11.3 Å². The van der Waals surface area contributed by atoms with Gasteiger partial charge in [0.25, 0.3) is 0 Å². The molecule has 1 aromatic carbocycles. The number of hydrogen-bond donors (Lipinski definition) is 1. The second-order valence-corrected chi connectivity index (χ2v) is 4.26. The van der Waals surface area contributed by atoms with E-state index in [2.05, 4.69) is 18.7 Å². The van der Waals surface area contributed by atoms with Crippen molar-refractivity contribution < 1.29 is 4.74 Å². The van der Waals surface area contributed by atoms with E-state index in [1.165, 1.54) is 11.3 Å². The standard InChI is InChI=1S/C10H7NOS2/c1-12-8-3-2-6-4-7(5-11)14-10(6)9(8)13/h2-4,13H,1H3. The Labute approximate surface area is 91.1 Å². The highest BCUT2D eigenvalue weighted by Crippen LogP contribution is 2.36. The van der Waals surface area contributed by atoms with Crippen molar-refractivity contribution in [3.05, 3.63) is 23.1 Å². The van der Waals surface area contributed by atoms with Crippen LogP contribution in [0.5, 0.6) is 5.75 Å². The van der Waals surface area contributed by atoms with Gasteiger partial charge < -0.3 is 4.74 Å². The monoisotopic (exact) mass is 221 g/mol. The lowest BCUT2D eigenvalue weighted by Crippen LogP contribution is -1.83. The Kier molecular flexibility index (Phi) is 2.36. The maximum atomic E-state index is 8.76. The van der Waals surface area contributed by atoms with Gasteiger partial charge in [0.2, 0.25) is 0 Å². The van der Waals surface area contributed by atoms with E-state index in [1.807, 2.05) is 18.2 Å². The van der Waals surface area contributed by atoms with E-state index in [0.717, 1.165) is 20.7 Å². The summed E-state index contributed by atoms with van der Waals surface area (Å²) in [5.74, 6) is 0.743. The van der Waals surface area contributed by atoms with Crippen molar-refractivity contribution in [2.45, 2.75) is 4.90 Å². The number of benzene rings is 1. The quantitative estimate of drug-likeness (QED) is 0.751. The molecule has 2 aromatic rings. The van der Waals surface area contributed by atoms with Gasteiger partial charge >= 0.3 is 0 Å². The number of thiol groups is 1. The molecule has 0 atom stereocenters. The first-order chi connectivity index (χ1) is 6.76. The lowest BCUT2D eigenvalue weighted by Gasteiger charge is -2.03. The van der Waals surface area contributed by atoms with E-state index in [1.54, 1.807) is 7.11 Å². The van der Waals surface area contributed by atoms with Gasteiger partial charge in [-0.05, 0) is 23.6 Å². The van der Waals surface area contributed by atoms with Crippen LogP contribution in [0.1, 0.15) is 4.88 Å². The number of nitrogens with zero attached hydrogens (tertiary/aromatic N) is 1. The van der Waals surface area contributed by atoms with Gasteiger partial charge in [-0.1, -0.05) is 0 Å². The normalized spacial score (nSPS) is 10.1. The van der Waals surface area contributed by atoms with Crippen LogP contribution in [0.3, 0.4) is 0 Å². The van der Waals surface area contributed by atoms with Gasteiger partial charge in [-0.2, -0.15) is 5.26 Å². The summed E-state index contributed by atoms with van der Waals surface area (Å²) >= 11 is 5.81. The summed E-state index contributed by atoms with van der Waals surface area (Å²) in [6.45, 7) is 0. The number of ether oxygens (including phenoxy) is 1. The van der Waals surface area contributed by atoms with Crippen LogP contribution in [-0.4, -0.2) is 7.11 Å². The van der Waals surface area contributed by atoms with Gasteiger partial charge in [0, 0.05) is 0 Å². The molecule has 0 saturated heterocycles. The van der Waals surface area contributed by atoms with Crippen LogP contribution in [0.25, 0.3) is 10.1 Å². The Balaban J connectivity index is 2.76. The highest BCUT2D eigenvalue weighted by Gasteiger charge is 2.08. The van der Waals surface area contributed by atoms with E-state index in [9.17, 15) is 0 Å². The molecule has 0 N–H and O–H groups in total. The highest BCUT2D eigenvalue weighted by atomic mass is 32.1. The van der Waals surface area contributed by atoms with E-state index < -0.39 is 0 Å². The maximum absolute atomic E-state index is 8.76. The number of nitriles is 1. The molecule has 2 rings (SSSR count). The molecule has 0 fully saturated rings. The van der Waals surface area contributed by atoms with E-state index in [4.69, 9.17) is 10.00 Å². The molecule has 70 valence electrons. The predicted molar refractivity (Wildman–Crippen MR) is 60.3 cm³/mol. The van der Waals surface area contributed by atoms with Crippen LogP contribution < -0.4 is 4.74 Å². The zero-order chi connectivity index (χ0) is 10.1. The summed E-state index contributed by atoms with van der Waals surface area (Å²) in [6, 6.07) is 7.78. The van der Waals surface area contributed by atoms with Crippen LogP contribution in [0.2, 0.25) is 0 Å². The summed E-state index contributed by atoms with van der Waals surface area (Å²) < 4.78 is 6.15. The van der Waals surface area contributed by atoms with Crippen molar-refractivity contribution in [1.82, 2.24) is 0 Å². The molecule has 0 aliphatic carbocycles. The third-order valence-electron chi connectivity index (χ3n) is 1.95. The predicted octanol–water partition coefficient (Wildman–Crippen LogP) is 3.07. The molecule has 0 spiro atoms. The van der Waals surface area contributed by atoms with Gasteiger partial charge in [-0.25, -0.2) is 0 Å². The van der Waals surface area contributed by atoms with E-state index in [0.29, 0.717) is 4.88 Å². The molecule has 0 radical (unpaired) electrons. The van der Waals surface area contributed by atoms with Crippen LogP contribution in [-0.2, 0) is 0 Å². The summed E-state index contributed by atoms with van der Waals surface area (Å²) in [7, 11) is 1.61. The Morgan fingerprint density at radius 2 is 2.29 bits per heavy atom. The number of hydrogen-bond acceptors (Lipinski definition) is 4. The third kappa shape index (κ3) is 1.35. The molecule has 0 bridgehead atoms. The fourth-order valence-electron chi connectivity index (χ4n) is 1.29. The first kappa shape index (κ1) is 9.38. The summed E-state index contributed by atoms with van der Waals surface area (Å²) in [4.78, 5) is 1.50. The van der Waals surface area contributed by atoms with E-state index >= 15 is 0 Å². The Hall–Kier alpha value is -1.18. The van der Waals surface area contributed by atoms with Crippen molar-refractivity contribution >= 4 is 34.1 Å². The van der Waals surface area contributed by atoms with E-state index in [-0.39, 0.29) is 0 Å². The van der Waals surface area contributed by atoms with Crippen molar-refractivity contribution in [2.75, 3.05) is 7.11 Å². The minimum atomic E-state index is 0.698. The van der Waals surface area contributed by atoms with Crippen molar-refractivity contribution in [3.8, 4) is 11.8 Å². The Morgan fingerprint density at radius 1 is 1.50 bits per heavy atom. The molecular weight excluding hydrogens is 214 g/mol. The van der Waals surface area contributed by atoms with Gasteiger partial charge in [-0.3, -0.25) is 0 Å². The number of methoxy groups -OCH3 is 1. The summed E-state index contributed by atoms with van der Waals surface area (Å²) in [5, 5.41) is 9.80. The molecule has 0 amide bonds. The highest BCUT2D eigenvalue weighted by molar-refractivity contribution is 7.81. The van der Waals surface area contributed by atoms with Crippen LogP contribution in [0.4, 0.5) is 0 Å². The second-order valence-electron chi connectivity index (χ2n) is 2.76. The molecule has 2 nitrogen and oxygen atoms in total. The molecule has 0 saturated carbocycles. The lowest BCUT2D eigenvalue weighted by atomic mass is 10.2. The van der Waals surface area contributed by atoms with Gasteiger partial charge in [0.15, 0.2) is 0 Å². The second kappa shape index (κ2) is 3.52. The average molecular weight is 221 g/mol. The van der Waals surface area contributed by atoms with Crippen LogP contribution >= 0.6 is 24.0 Å². The SMILES string of the molecule is COc1ccc2cc(C#N)sc2c1S. The molecule has 0 aliphatic heterocycles. The minimum absolute atomic E-state index is 0.698. The molecular formula is C10H7NOS2. The minimum Gasteiger partial charge on any atom is -0.496 e. The van der Waals surface area contributed by atoms with Gasteiger partial charge in [0.05, 0.1) is 16.7 Å². The number of thiophene rings is 1. The lowest BCUT2D eigenvalue weighted by molar-refractivity contribution is 0.406. The van der Waals surface area contributed by atoms with Crippen molar-refractivity contribution in [1.29, 1.82) is 5.26 Å². The number of fused-ring (bicyclic) bond motifs is 1. The van der Waals surface area contributed by atoms with Crippen LogP contribution in [0.15, 0.2) is 23.1 Å². The zero-order valence-electron chi connectivity index (χ0n) is 7.44. The zero-order valence-corrected chi connectivity index (χ0v) is 9.15. The third-order valence-corrected chi connectivity index (χ3v) is 3.62. The summed E-state index contributed by atoms with van der Waals surface area (Å²) in [6.07, 6.45) is 0. The van der Waals surface area contributed by atoms with Crippen molar-refractivity contribution in [2.24, 2.45) is 0 Å². The first-order valence-corrected chi connectivity index (χ1v) is 5.22. The fraction of sp³-hybridized carbons (Fsp3) is 0.100. The van der Waals surface area contributed by atoms with Gasteiger partial charge in [-0.15, -0.1) is 24.0 Å². The molecule has 4 heteroatoms. The molecule has 14 heavy (non-hydrogen) atoms. The Morgan fingerprint density at radius 3 is 2.93 bits per heavy atom. The Bertz CT molecular complexity index is 525. The maximum Gasteiger partial charge on any atom is 0.133 e. The van der Waals surface area contributed by atoms with Crippen molar-refractivity contribution in [3.63, 3.8) is 0 Å². The average Bonchev–Trinajstić information content (AvgIpc) is 2.62.